The molecule has 2 rings (SSSR count). The van der Waals surface area contributed by atoms with Gasteiger partial charge in [0.15, 0.2) is 0 Å². The Labute approximate surface area is 115 Å². The molecule has 0 aromatic heterocycles. The Bertz CT molecular complexity index is 460. The molecule has 0 aromatic rings. The minimum Gasteiger partial charge on any atom is -0.311 e. The Morgan fingerprint density at radius 2 is 2.11 bits per heavy atom. The van der Waals surface area contributed by atoms with Gasteiger partial charge >= 0.3 is 12.1 Å². The molecule has 6 heteroatoms. The third kappa shape index (κ3) is 1.94. The van der Waals surface area contributed by atoms with Gasteiger partial charge in [0.2, 0.25) is 0 Å². The van der Waals surface area contributed by atoms with Crippen LogP contribution in [0.15, 0.2) is 23.8 Å². The van der Waals surface area contributed by atoms with Crippen molar-refractivity contribution < 1.29 is 9.59 Å². The number of halogens is 1. The number of hydrogen-bond acceptors (Lipinski definition) is 2. The Balaban J connectivity index is 2.38. The third-order valence-electron chi connectivity index (χ3n) is 3.48. The van der Waals surface area contributed by atoms with E-state index in [1.165, 1.54) is 11.9 Å². The lowest BCUT2D eigenvalue weighted by molar-refractivity contribution is 0.0963. The van der Waals surface area contributed by atoms with E-state index in [1.54, 1.807) is 7.05 Å². The van der Waals surface area contributed by atoms with E-state index < -0.39 is 5.66 Å². The van der Waals surface area contributed by atoms with Crippen LogP contribution in [0.1, 0.15) is 13.3 Å². The molecule has 2 atom stereocenters. The van der Waals surface area contributed by atoms with E-state index in [4.69, 9.17) is 0 Å². The number of alkyl halides is 1. The van der Waals surface area contributed by atoms with Crippen LogP contribution < -0.4 is 5.32 Å². The Morgan fingerprint density at radius 3 is 2.72 bits per heavy atom. The van der Waals surface area contributed by atoms with E-state index in [1.807, 2.05) is 25.2 Å². The number of imide groups is 1. The molecule has 0 radical (unpaired) electrons. The highest BCUT2D eigenvalue weighted by molar-refractivity contribution is 9.09. The SMILES string of the molecule is CN1C(=O)NC(C)(C2=CC(Br)CC=C2)N(C)C1=O. The zero-order chi connectivity index (χ0) is 13.5. The molecular weight excluding hydrogens is 298 g/mol. The molecule has 98 valence electrons. The zero-order valence-corrected chi connectivity index (χ0v) is 12.2. The molecule has 1 heterocycles. The number of likely N-dealkylation sites (N-methyl/N-ethyl adjacent to an activating group) is 1. The lowest BCUT2D eigenvalue weighted by Crippen LogP contribution is -2.69. The van der Waals surface area contributed by atoms with Crippen LogP contribution >= 0.6 is 15.9 Å². The highest BCUT2D eigenvalue weighted by Crippen LogP contribution is 2.30. The molecule has 0 bridgehead atoms. The van der Waals surface area contributed by atoms with Gasteiger partial charge in [-0.25, -0.2) is 14.5 Å². The van der Waals surface area contributed by atoms with E-state index in [-0.39, 0.29) is 16.9 Å². The van der Waals surface area contributed by atoms with Crippen molar-refractivity contribution in [3.8, 4) is 0 Å². The lowest BCUT2D eigenvalue weighted by atomic mass is 9.93. The number of rotatable bonds is 1. The summed E-state index contributed by atoms with van der Waals surface area (Å²) in [6.07, 6.45) is 6.91. The maximum atomic E-state index is 12.0. The second-order valence-electron chi connectivity index (χ2n) is 4.68. The van der Waals surface area contributed by atoms with Crippen LogP contribution in [-0.4, -0.2) is 46.4 Å². The van der Waals surface area contributed by atoms with E-state index >= 15 is 0 Å². The smallest absolute Gasteiger partial charge is 0.311 e. The number of amides is 4. The molecule has 18 heavy (non-hydrogen) atoms. The van der Waals surface area contributed by atoms with Crippen molar-refractivity contribution in [1.29, 1.82) is 0 Å². The number of nitrogens with one attached hydrogen (secondary N) is 1. The van der Waals surface area contributed by atoms with Gasteiger partial charge in [0.1, 0.15) is 5.66 Å². The minimum absolute atomic E-state index is 0.231. The van der Waals surface area contributed by atoms with Gasteiger partial charge in [0, 0.05) is 18.9 Å². The molecule has 1 N–H and O–H groups in total. The van der Waals surface area contributed by atoms with Gasteiger partial charge < -0.3 is 10.2 Å². The first kappa shape index (κ1) is 13.1. The molecular formula is C12H16BrN3O2. The predicted molar refractivity (Wildman–Crippen MR) is 72.4 cm³/mol. The van der Waals surface area contributed by atoms with Crippen molar-refractivity contribution in [2.24, 2.45) is 0 Å². The minimum atomic E-state index is -0.802. The molecule has 1 aliphatic heterocycles. The summed E-state index contributed by atoms with van der Waals surface area (Å²) in [4.78, 5) is 26.6. The van der Waals surface area contributed by atoms with Crippen molar-refractivity contribution in [3.05, 3.63) is 23.8 Å². The van der Waals surface area contributed by atoms with Crippen LogP contribution in [0, 0.1) is 0 Å². The standard InChI is InChI=1S/C12H16BrN3O2/c1-12(8-5-4-6-9(13)7-8)14-10(17)15(2)11(18)16(12)3/h4-5,7,9H,6H2,1-3H3,(H,14,17). The van der Waals surface area contributed by atoms with E-state index in [2.05, 4.69) is 21.2 Å². The summed E-state index contributed by atoms with van der Waals surface area (Å²) < 4.78 is 0. The van der Waals surface area contributed by atoms with Crippen molar-refractivity contribution in [1.82, 2.24) is 15.1 Å². The predicted octanol–water partition coefficient (Wildman–Crippen LogP) is 2.06. The van der Waals surface area contributed by atoms with Gasteiger partial charge in [-0.2, -0.15) is 0 Å². The van der Waals surface area contributed by atoms with Crippen LogP contribution in [0.25, 0.3) is 0 Å². The van der Waals surface area contributed by atoms with Gasteiger partial charge in [0.05, 0.1) is 0 Å². The van der Waals surface area contributed by atoms with Gasteiger partial charge in [-0.1, -0.05) is 34.2 Å². The van der Waals surface area contributed by atoms with Crippen molar-refractivity contribution in [2.45, 2.75) is 23.8 Å². The van der Waals surface area contributed by atoms with Crippen molar-refractivity contribution >= 4 is 28.0 Å². The van der Waals surface area contributed by atoms with Crippen LogP contribution in [0.5, 0.6) is 0 Å². The summed E-state index contributed by atoms with van der Waals surface area (Å²) in [7, 11) is 3.15. The third-order valence-corrected chi connectivity index (χ3v) is 4.12. The second kappa shape index (κ2) is 4.42. The summed E-state index contributed by atoms with van der Waals surface area (Å²) in [5.41, 5.74) is 0.108. The number of nitrogens with zero attached hydrogens (tertiary/aromatic N) is 2. The first-order valence-corrected chi connectivity index (χ1v) is 6.64. The average molecular weight is 314 g/mol. The fourth-order valence-electron chi connectivity index (χ4n) is 2.11. The zero-order valence-electron chi connectivity index (χ0n) is 10.6. The maximum absolute atomic E-state index is 12.0. The topological polar surface area (TPSA) is 52.7 Å². The van der Waals surface area contributed by atoms with Gasteiger partial charge in [-0.05, 0) is 18.9 Å². The Kier molecular flexibility index (Phi) is 3.23. The van der Waals surface area contributed by atoms with Crippen molar-refractivity contribution in [2.75, 3.05) is 14.1 Å². The lowest BCUT2D eigenvalue weighted by Gasteiger charge is -2.46. The molecule has 1 fully saturated rings. The molecule has 0 aromatic carbocycles. The first-order chi connectivity index (χ1) is 8.36. The normalized spacial score (nSPS) is 32.4. The quantitative estimate of drug-likeness (QED) is 0.753. The number of urea groups is 2. The Morgan fingerprint density at radius 1 is 1.44 bits per heavy atom. The summed E-state index contributed by atoms with van der Waals surface area (Å²) in [5.74, 6) is 0. The van der Waals surface area contributed by atoms with Crippen LogP contribution in [0.3, 0.4) is 0 Å². The molecule has 1 saturated heterocycles. The number of carbonyl (C=O) groups is 2. The molecule has 2 unspecified atom stereocenters. The summed E-state index contributed by atoms with van der Waals surface area (Å²) in [5, 5.41) is 2.86. The van der Waals surface area contributed by atoms with Crippen LogP contribution in [0.4, 0.5) is 9.59 Å². The Hall–Kier alpha value is -1.30. The maximum Gasteiger partial charge on any atom is 0.329 e. The second-order valence-corrected chi connectivity index (χ2v) is 5.86. The summed E-state index contributed by atoms with van der Waals surface area (Å²) in [6.45, 7) is 1.83. The highest BCUT2D eigenvalue weighted by atomic mass is 79.9. The van der Waals surface area contributed by atoms with Crippen LogP contribution in [-0.2, 0) is 0 Å². The largest absolute Gasteiger partial charge is 0.329 e. The van der Waals surface area contributed by atoms with Crippen LogP contribution in [0.2, 0.25) is 0 Å². The highest BCUT2D eigenvalue weighted by Gasteiger charge is 2.44. The molecule has 4 amide bonds. The fraction of sp³-hybridized carbons (Fsp3) is 0.500. The first-order valence-electron chi connectivity index (χ1n) is 5.73. The van der Waals surface area contributed by atoms with E-state index in [0.717, 1.165) is 16.9 Å². The molecule has 5 nitrogen and oxygen atoms in total. The average Bonchev–Trinajstić information content (AvgIpc) is 2.34. The summed E-state index contributed by atoms with van der Waals surface area (Å²) >= 11 is 3.53. The van der Waals surface area contributed by atoms with E-state index in [9.17, 15) is 9.59 Å². The fourth-order valence-corrected chi connectivity index (χ4v) is 2.61. The molecule has 0 spiro atoms. The van der Waals surface area contributed by atoms with Gasteiger partial charge in [0.25, 0.3) is 0 Å². The molecule has 2 aliphatic rings. The van der Waals surface area contributed by atoms with E-state index in [0.29, 0.717) is 0 Å². The number of allylic oxidation sites excluding steroid dienone is 2. The summed E-state index contributed by atoms with van der Waals surface area (Å²) in [6, 6.07) is -0.696. The van der Waals surface area contributed by atoms with Gasteiger partial charge in [-0.15, -0.1) is 0 Å². The number of carbonyl (C=O) groups excluding carboxylic acids is 2. The molecule has 0 saturated carbocycles. The number of hydrogen-bond donors (Lipinski definition) is 1. The van der Waals surface area contributed by atoms with Crippen molar-refractivity contribution in [3.63, 3.8) is 0 Å². The molecule has 1 aliphatic carbocycles. The monoisotopic (exact) mass is 313 g/mol. The van der Waals surface area contributed by atoms with Gasteiger partial charge in [-0.3, -0.25) is 0 Å².